The Balaban J connectivity index is 0.00000109. The van der Waals surface area contributed by atoms with Crippen LogP contribution in [0.15, 0.2) is 126 Å². The summed E-state index contributed by atoms with van der Waals surface area (Å²) in [6.45, 7) is 4.00. The first-order valence-corrected chi connectivity index (χ1v) is 10.6. The third kappa shape index (κ3) is 4.21. The molecular weight excluding hydrogens is 356 g/mol. The zero-order chi connectivity index (χ0) is 19.7. The summed E-state index contributed by atoms with van der Waals surface area (Å²) in [6, 6.07) is 43.1. The predicted octanol–water partition coefficient (Wildman–Crippen LogP) is 7.80. The first-order chi connectivity index (χ1) is 13.9. The average molecular weight is 383 g/mol. The molecule has 0 aromatic heterocycles. The van der Waals surface area contributed by atoms with Crippen LogP contribution in [0.5, 0.6) is 0 Å². The SMILES string of the molecule is CC.c1ccc(SC(c2ccccc2)(c2ccccc2)c2ccccc2)cc1. The maximum Gasteiger partial charge on any atom is 0.0954 e. The minimum Gasteiger partial charge on any atom is -0.105 e. The van der Waals surface area contributed by atoms with Gasteiger partial charge in [-0.25, -0.2) is 0 Å². The summed E-state index contributed by atoms with van der Waals surface area (Å²) in [5, 5.41) is 0. The fraction of sp³-hybridized carbons (Fsp3) is 0.111. The molecule has 4 rings (SSSR count). The van der Waals surface area contributed by atoms with Gasteiger partial charge in [0.1, 0.15) is 0 Å². The van der Waals surface area contributed by atoms with Crippen molar-refractivity contribution in [1.82, 2.24) is 0 Å². The van der Waals surface area contributed by atoms with Crippen molar-refractivity contribution < 1.29 is 0 Å². The molecule has 0 atom stereocenters. The lowest BCUT2D eigenvalue weighted by molar-refractivity contribution is 0.894. The van der Waals surface area contributed by atoms with E-state index < -0.39 is 0 Å². The van der Waals surface area contributed by atoms with Crippen LogP contribution in [-0.2, 0) is 4.75 Å². The fourth-order valence-corrected chi connectivity index (χ4v) is 4.77. The van der Waals surface area contributed by atoms with Crippen molar-refractivity contribution in [3.05, 3.63) is 138 Å². The predicted molar refractivity (Wildman–Crippen MR) is 123 cm³/mol. The largest absolute Gasteiger partial charge is 0.105 e. The van der Waals surface area contributed by atoms with E-state index in [0.29, 0.717) is 0 Å². The van der Waals surface area contributed by atoms with Gasteiger partial charge in [0, 0.05) is 4.90 Å². The van der Waals surface area contributed by atoms with E-state index in [0.717, 1.165) is 0 Å². The van der Waals surface area contributed by atoms with Crippen molar-refractivity contribution in [3.8, 4) is 0 Å². The number of rotatable bonds is 5. The second-order valence-corrected chi connectivity index (χ2v) is 7.48. The smallest absolute Gasteiger partial charge is 0.0954 e. The molecule has 4 aromatic carbocycles. The Morgan fingerprint density at radius 1 is 0.429 bits per heavy atom. The second kappa shape index (κ2) is 9.96. The molecule has 0 aliphatic heterocycles. The molecule has 4 aromatic rings. The van der Waals surface area contributed by atoms with Crippen LogP contribution in [0.3, 0.4) is 0 Å². The van der Waals surface area contributed by atoms with E-state index in [1.807, 2.05) is 25.6 Å². The van der Waals surface area contributed by atoms with E-state index >= 15 is 0 Å². The summed E-state index contributed by atoms with van der Waals surface area (Å²) in [6.07, 6.45) is 0. The lowest BCUT2D eigenvalue weighted by atomic mass is 9.84. The van der Waals surface area contributed by atoms with Gasteiger partial charge in [0.25, 0.3) is 0 Å². The number of hydrogen-bond donors (Lipinski definition) is 0. The normalized spacial score (nSPS) is 10.6. The van der Waals surface area contributed by atoms with Crippen molar-refractivity contribution >= 4 is 11.8 Å². The first kappa shape index (κ1) is 20.0. The number of benzene rings is 4. The lowest BCUT2D eigenvalue weighted by Gasteiger charge is -2.35. The van der Waals surface area contributed by atoms with Crippen molar-refractivity contribution in [3.63, 3.8) is 0 Å². The molecule has 140 valence electrons. The summed E-state index contributed by atoms with van der Waals surface area (Å²) in [5.41, 5.74) is 3.85. The third-order valence-corrected chi connectivity index (χ3v) is 6.08. The van der Waals surface area contributed by atoms with Crippen LogP contribution in [-0.4, -0.2) is 0 Å². The molecule has 0 aliphatic carbocycles. The Bertz CT molecular complexity index is 836. The zero-order valence-corrected chi connectivity index (χ0v) is 17.3. The zero-order valence-electron chi connectivity index (χ0n) is 16.5. The van der Waals surface area contributed by atoms with Gasteiger partial charge >= 0.3 is 0 Å². The molecule has 1 heteroatoms. The highest BCUT2D eigenvalue weighted by Gasteiger charge is 2.37. The van der Waals surface area contributed by atoms with Crippen LogP contribution >= 0.6 is 11.8 Å². The molecule has 0 fully saturated rings. The molecule has 0 bridgehead atoms. The van der Waals surface area contributed by atoms with Crippen LogP contribution < -0.4 is 0 Å². The molecule has 0 unspecified atom stereocenters. The van der Waals surface area contributed by atoms with E-state index in [1.165, 1.54) is 21.6 Å². The van der Waals surface area contributed by atoms with Crippen molar-refractivity contribution in [1.29, 1.82) is 0 Å². The highest BCUT2D eigenvalue weighted by molar-refractivity contribution is 8.00. The van der Waals surface area contributed by atoms with Crippen molar-refractivity contribution in [2.45, 2.75) is 23.5 Å². The van der Waals surface area contributed by atoms with Crippen molar-refractivity contribution in [2.75, 3.05) is 0 Å². The lowest BCUT2D eigenvalue weighted by Crippen LogP contribution is -2.25. The molecule has 0 heterocycles. The summed E-state index contributed by atoms with van der Waals surface area (Å²) < 4.78 is -0.300. The van der Waals surface area contributed by atoms with E-state index in [2.05, 4.69) is 121 Å². The minimum atomic E-state index is -0.300. The summed E-state index contributed by atoms with van der Waals surface area (Å²) in [5.74, 6) is 0. The number of thioether (sulfide) groups is 1. The van der Waals surface area contributed by atoms with E-state index in [4.69, 9.17) is 0 Å². The fourth-order valence-electron chi connectivity index (χ4n) is 3.36. The summed E-state index contributed by atoms with van der Waals surface area (Å²) in [4.78, 5) is 1.25. The molecule has 0 amide bonds. The van der Waals surface area contributed by atoms with Gasteiger partial charge in [-0.2, -0.15) is 0 Å². The molecule has 0 aliphatic rings. The highest BCUT2D eigenvalue weighted by Crippen LogP contribution is 2.51. The van der Waals surface area contributed by atoms with Gasteiger partial charge in [-0.1, -0.05) is 123 Å². The van der Waals surface area contributed by atoms with Gasteiger partial charge in [-0.15, -0.1) is 11.8 Å². The van der Waals surface area contributed by atoms with Gasteiger partial charge in [0.15, 0.2) is 0 Å². The van der Waals surface area contributed by atoms with Gasteiger partial charge in [0.2, 0.25) is 0 Å². The summed E-state index contributed by atoms with van der Waals surface area (Å²) >= 11 is 1.90. The quantitative estimate of drug-likeness (QED) is 0.251. The van der Waals surface area contributed by atoms with Crippen LogP contribution in [0, 0.1) is 0 Å². The van der Waals surface area contributed by atoms with Crippen LogP contribution in [0.2, 0.25) is 0 Å². The number of hydrogen-bond acceptors (Lipinski definition) is 1. The molecule has 0 nitrogen and oxygen atoms in total. The van der Waals surface area contributed by atoms with Crippen LogP contribution in [0.4, 0.5) is 0 Å². The molecule has 0 N–H and O–H groups in total. The molecule has 0 radical (unpaired) electrons. The Labute approximate surface area is 173 Å². The maximum absolute atomic E-state index is 2.23. The molecule has 0 saturated carbocycles. The Kier molecular flexibility index (Phi) is 7.11. The summed E-state index contributed by atoms with van der Waals surface area (Å²) in [7, 11) is 0. The average Bonchev–Trinajstić information content (AvgIpc) is 2.81. The topological polar surface area (TPSA) is 0 Å². The van der Waals surface area contributed by atoms with E-state index in [-0.39, 0.29) is 4.75 Å². The Morgan fingerprint density at radius 2 is 0.714 bits per heavy atom. The van der Waals surface area contributed by atoms with Gasteiger partial charge in [0.05, 0.1) is 4.75 Å². The molecule has 0 saturated heterocycles. The van der Waals surface area contributed by atoms with Gasteiger partial charge in [-0.05, 0) is 28.8 Å². The van der Waals surface area contributed by atoms with Crippen LogP contribution in [0.1, 0.15) is 30.5 Å². The third-order valence-electron chi connectivity index (χ3n) is 4.56. The Morgan fingerprint density at radius 3 is 1.04 bits per heavy atom. The standard InChI is InChI=1S/C25H20S.C2H6/c1-5-13-21(14-6-1)25(22-15-7-2-8-16-22,23-17-9-3-10-18-23)26-24-19-11-4-12-20-24;1-2/h1-20H;1-2H3. The molecular formula is C27H26S. The first-order valence-electron chi connectivity index (χ1n) is 9.80. The van der Waals surface area contributed by atoms with Crippen LogP contribution in [0.25, 0.3) is 0 Å². The molecule has 0 spiro atoms. The maximum atomic E-state index is 2.23. The van der Waals surface area contributed by atoms with Crippen molar-refractivity contribution in [2.24, 2.45) is 0 Å². The second-order valence-electron chi connectivity index (χ2n) is 6.19. The minimum absolute atomic E-state index is 0.300. The molecule has 28 heavy (non-hydrogen) atoms. The van der Waals surface area contributed by atoms with Gasteiger partial charge in [-0.3, -0.25) is 0 Å². The van der Waals surface area contributed by atoms with E-state index in [9.17, 15) is 0 Å². The monoisotopic (exact) mass is 382 g/mol. The van der Waals surface area contributed by atoms with Gasteiger partial charge < -0.3 is 0 Å². The highest BCUT2D eigenvalue weighted by atomic mass is 32.2. The van der Waals surface area contributed by atoms with E-state index in [1.54, 1.807) is 0 Å². The Hall–Kier alpha value is -2.77.